The van der Waals surface area contributed by atoms with Crippen LogP contribution < -0.4 is 15.4 Å². The SMILES string of the molecule is CCNC(=O)CCOc1ccc(CNC(C)(C)C)cc1F. The van der Waals surface area contributed by atoms with Crippen molar-refractivity contribution in [3.63, 3.8) is 0 Å². The summed E-state index contributed by atoms with van der Waals surface area (Å²) in [5.74, 6) is -0.318. The van der Waals surface area contributed by atoms with Crippen LogP contribution in [-0.4, -0.2) is 24.6 Å². The fraction of sp³-hybridized carbons (Fsp3) is 0.562. The molecule has 0 fully saturated rings. The van der Waals surface area contributed by atoms with Crippen molar-refractivity contribution in [3.8, 4) is 5.75 Å². The third-order valence-electron chi connectivity index (χ3n) is 2.78. The Balaban J connectivity index is 2.48. The van der Waals surface area contributed by atoms with E-state index in [1.54, 1.807) is 6.07 Å². The van der Waals surface area contributed by atoms with E-state index in [9.17, 15) is 9.18 Å². The van der Waals surface area contributed by atoms with Crippen LogP contribution in [0, 0.1) is 5.82 Å². The third-order valence-corrected chi connectivity index (χ3v) is 2.78. The molecule has 0 heterocycles. The molecule has 1 amide bonds. The van der Waals surface area contributed by atoms with Gasteiger partial charge in [0.1, 0.15) is 0 Å². The normalized spacial score (nSPS) is 11.3. The number of halogens is 1. The second kappa shape index (κ2) is 7.98. The number of carbonyl (C=O) groups is 1. The third kappa shape index (κ3) is 7.09. The first-order chi connectivity index (χ1) is 9.81. The Labute approximate surface area is 126 Å². The zero-order valence-electron chi connectivity index (χ0n) is 13.3. The Hall–Kier alpha value is -1.62. The van der Waals surface area contributed by atoms with Crippen LogP contribution in [0.15, 0.2) is 18.2 Å². The van der Waals surface area contributed by atoms with E-state index in [1.165, 1.54) is 6.07 Å². The van der Waals surface area contributed by atoms with Gasteiger partial charge in [0.25, 0.3) is 0 Å². The molecule has 0 aliphatic carbocycles. The molecule has 2 N–H and O–H groups in total. The minimum Gasteiger partial charge on any atom is -0.490 e. The molecule has 0 aromatic heterocycles. The molecular formula is C16H25FN2O2. The lowest BCUT2D eigenvalue weighted by Gasteiger charge is -2.20. The maximum absolute atomic E-state index is 13.9. The molecule has 0 saturated heterocycles. The maximum atomic E-state index is 13.9. The molecule has 4 nitrogen and oxygen atoms in total. The summed E-state index contributed by atoms with van der Waals surface area (Å²) in [7, 11) is 0. The number of hydrogen-bond acceptors (Lipinski definition) is 3. The first-order valence-corrected chi connectivity index (χ1v) is 7.25. The number of amides is 1. The lowest BCUT2D eigenvalue weighted by Crippen LogP contribution is -2.35. The van der Waals surface area contributed by atoms with Crippen molar-refractivity contribution < 1.29 is 13.9 Å². The molecule has 0 bridgehead atoms. The van der Waals surface area contributed by atoms with Gasteiger partial charge in [-0.2, -0.15) is 0 Å². The van der Waals surface area contributed by atoms with Gasteiger partial charge in [-0.05, 0) is 45.4 Å². The summed E-state index contributed by atoms with van der Waals surface area (Å²) < 4.78 is 19.2. The quantitative estimate of drug-likeness (QED) is 0.813. The summed E-state index contributed by atoms with van der Waals surface area (Å²) in [6, 6.07) is 4.89. The number of nitrogens with one attached hydrogen (secondary N) is 2. The van der Waals surface area contributed by atoms with Crippen LogP contribution in [0.5, 0.6) is 5.75 Å². The number of carbonyl (C=O) groups excluding carboxylic acids is 1. The van der Waals surface area contributed by atoms with Gasteiger partial charge in [-0.3, -0.25) is 4.79 Å². The van der Waals surface area contributed by atoms with E-state index in [-0.39, 0.29) is 30.2 Å². The van der Waals surface area contributed by atoms with Crippen LogP contribution in [-0.2, 0) is 11.3 Å². The molecule has 0 saturated carbocycles. The van der Waals surface area contributed by atoms with Crippen molar-refractivity contribution in [2.45, 2.75) is 46.2 Å². The number of benzene rings is 1. The topological polar surface area (TPSA) is 50.4 Å². The van der Waals surface area contributed by atoms with E-state index in [4.69, 9.17) is 4.74 Å². The molecule has 0 aliphatic heterocycles. The van der Waals surface area contributed by atoms with Gasteiger partial charge in [0.05, 0.1) is 13.0 Å². The van der Waals surface area contributed by atoms with Crippen molar-refractivity contribution in [1.29, 1.82) is 0 Å². The Morgan fingerprint density at radius 2 is 2.05 bits per heavy atom. The fourth-order valence-corrected chi connectivity index (χ4v) is 1.68. The second-order valence-electron chi connectivity index (χ2n) is 5.92. The minimum absolute atomic E-state index is 0.0156. The largest absolute Gasteiger partial charge is 0.490 e. The van der Waals surface area contributed by atoms with E-state index >= 15 is 0 Å². The average molecular weight is 296 g/mol. The predicted octanol–water partition coefficient (Wildman–Crippen LogP) is 2.62. The van der Waals surface area contributed by atoms with Crippen LogP contribution in [0.2, 0.25) is 0 Å². The highest BCUT2D eigenvalue weighted by Gasteiger charge is 2.10. The number of hydrogen-bond donors (Lipinski definition) is 2. The van der Waals surface area contributed by atoms with Gasteiger partial charge in [-0.25, -0.2) is 4.39 Å². The standard InChI is InChI=1S/C16H25FN2O2/c1-5-18-15(20)8-9-21-14-7-6-12(10-13(14)17)11-19-16(2,3)4/h6-7,10,19H,5,8-9,11H2,1-4H3,(H,18,20). The first-order valence-electron chi connectivity index (χ1n) is 7.25. The maximum Gasteiger partial charge on any atom is 0.223 e. The summed E-state index contributed by atoms with van der Waals surface area (Å²) in [5, 5.41) is 5.96. The fourth-order valence-electron chi connectivity index (χ4n) is 1.68. The number of rotatable bonds is 7. The van der Waals surface area contributed by atoms with Crippen molar-refractivity contribution >= 4 is 5.91 Å². The van der Waals surface area contributed by atoms with Crippen LogP contribution in [0.1, 0.15) is 39.7 Å². The van der Waals surface area contributed by atoms with Gasteiger partial charge in [0, 0.05) is 18.6 Å². The summed E-state index contributed by atoms with van der Waals surface area (Å²) in [6.07, 6.45) is 0.223. The molecule has 0 unspecified atom stereocenters. The molecule has 1 aromatic rings. The second-order valence-corrected chi connectivity index (χ2v) is 5.92. The Kier molecular flexibility index (Phi) is 6.62. The molecule has 0 spiro atoms. The van der Waals surface area contributed by atoms with Gasteiger partial charge in [-0.1, -0.05) is 6.07 Å². The highest BCUT2D eigenvalue weighted by molar-refractivity contribution is 5.75. The summed E-state index contributed by atoms with van der Waals surface area (Å²) in [5.41, 5.74) is 0.844. The Bertz CT molecular complexity index is 470. The molecule has 5 heteroatoms. The lowest BCUT2D eigenvalue weighted by molar-refractivity contribution is -0.121. The Morgan fingerprint density at radius 3 is 2.62 bits per heavy atom. The molecule has 21 heavy (non-hydrogen) atoms. The molecule has 1 rings (SSSR count). The summed E-state index contributed by atoms with van der Waals surface area (Å²) in [4.78, 5) is 11.3. The molecule has 1 aromatic carbocycles. The molecule has 118 valence electrons. The lowest BCUT2D eigenvalue weighted by atomic mass is 10.1. The summed E-state index contributed by atoms with van der Waals surface area (Å²) >= 11 is 0. The molecule has 0 aliphatic rings. The predicted molar refractivity (Wildman–Crippen MR) is 81.8 cm³/mol. The van der Waals surface area contributed by atoms with Gasteiger partial charge in [0.2, 0.25) is 5.91 Å². The van der Waals surface area contributed by atoms with E-state index in [0.717, 1.165) is 5.56 Å². The van der Waals surface area contributed by atoms with Crippen molar-refractivity contribution in [2.24, 2.45) is 0 Å². The minimum atomic E-state index is -0.404. The van der Waals surface area contributed by atoms with E-state index in [1.807, 2.05) is 13.0 Å². The van der Waals surface area contributed by atoms with Crippen molar-refractivity contribution in [2.75, 3.05) is 13.2 Å². The zero-order valence-corrected chi connectivity index (χ0v) is 13.3. The zero-order chi connectivity index (χ0) is 15.9. The van der Waals surface area contributed by atoms with E-state index < -0.39 is 5.82 Å². The van der Waals surface area contributed by atoms with Crippen molar-refractivity contribution in [1.82, 2.24) is 10.6 Å². The smallest absolute Gasteiger partial charge is 0.223 e. The summed E-state index contributed by atoms with van der Waals surface area (Å²) in [6.45, 7) is 9.37. The first kappa shape index (κ1) is 17.4. The van der Waals surface area contributed by atoms with Gasteiger partial charge < -0.3 is 15.4 Å². The van der Waals surface area contributed by atoms with Gasteiger partial charge >= 0.3 is 0 Å². The number of ether oxygens (including phenoxy) is 1. The van der Waals surface area contributed by atoms with Crippen LogP contribution in [0.25, 0.3) is 0 Å². The van der Waals surface area contributed by atoms with Gasteiger partial charge in [-0.15, -0.1) is 0 Å². The molecule has 0 radical (unpaired) electrons. The van der Waals surface area contributed by atoms with Crippen molar-refractivity contribution in [3.05, 3.63) is 29.6 Å². The van der Waals surface area contributed by atoms with E-state index in [0.29, 0.717) is 13.1 Å². The molecule has 0 atom stereocenters. The monoisotopic (exact) mass is 296 g/mol. The molecular weight excluding hydrogens is 271 g/mol. The van der Waals surface area contributed by atoms with Crippen LogP contribution >= 0.6 is 0 Å². The Morgan fingerprint density at radius 1 is 1.33 bits per heavy atom. The average Bonchev–Trinajstić information content (AvgIpc) is 2.38. The highest BCUT2D eigenvalue weighted by Crippen LogP contribution is 2.19. The van der Waals surface area contributed by atoms with E-state index in [2.05, 4.69) is 31.4 Å². The van der Waals surface area contributed by atoms with Crippen LogP contribution in [0.4, 0.5) is 4.39 Å². The van der Waals surface area contributed by atoms with Gasteiger partial charge in [0.15, 0.2) is 11.6 Å². The van der Waals surface area contributed by atoms with Crippen LogP contribution in [0.3, 0.4) is 0 Å². The highest BCUT2D eigenvalue weighted by atomic mass is 19.1.